The van der Waals surface area contributed by atoms with Gasteiger partial charge in [0.05, 0.1) is 6.10 Å². The van der Waals surface area contributed by atoms with Gasteiger partial charge in [0.1, 0.15) is 11.6 Å². The van der Waals surface area contributed by atoms with E-state index in [9.17, 15) is 9.90 Å². The highest BCUT2D eigenvalue weighted by molar-refractivity contribution is 5.43. The molecule has 0 bridgehead atoms. The molecule has 2 aromatic heterocycles. The lowest BCUT2D eigenvalue weighted by Crippen LogP contribution is -2.38. The predicted octanol–water partition coefficient (Wildman–Crippen LogP) is 0.484. The van der Waals surface area contributed by atoms with Crippen molar-refractivity contribution in [3.8, 4) is 0 Å². The number of piperidine rings is 1. The van der Waals surface area contributed by atoms with E-state index < -0.39 is 0 Å². The maximum absolute atomic E-state index is 11.4. The SMILES string of the molecule is Cc1nc(CCNc2nccc(N3CCC[C@H](O)C3)n2)cc(=O)[nH]1. The number of β-amino-alcohol motifs (C(OH)–C–C–N with tert-alkyl or cyclic N) is 1. The number of nitrogens with one attached hydrogen (secondary N) is 2. The van der Waals surface area contributed by atoms with Crippen molar-refractivity contribution in [2.75, 3.05) is 29.9 Å². The van der Waals surface area contributed by atoms with Gasteiger partial charge in [0.2, 0.25) is 5.95 Å². The van der Waals surface area contributed by atoms with E-state index in [1.807, 2.05) is 6.07 Å². The van der Waals surface area contributed by atoms with E-state index in [0.29, 0.717) is 31.3 Å². The van der Waals surface area contributed by atoms with Crippen LogP contribution >= 0.6 is 0 Å². The fraction of sp³-hybridized carbons (Fsp3) is 0.500. The number of hydrogen-bond acceptors (Lipinski definition) is 7. The molecule has 1 atom stereocenters. The van der Waals surface area contributed by atoms with E-state index in [0.717, 1.165) is 30.9 Å². The topological polar surface area (TPSA) is 107 Å². The summed E-state index contributed by atoms with van der Waals surface area (Å²) in [6, 6.07) is 3.35. The third-order valence-corrected chi connectivity index (χ3v) is 3.94. The molecule has 3 heterocycles. The number of H-pyrrole nitrogens is 1. The van der Waals surface area contributed by atoms with Gasteiger partial charge < -0.3 is 20.3 Å². The first-order valence-corrected chi connectivity index (χ1v) is 8.17. The van der Waals surface area contributed by atoms with Crippen LogP contribution in [0.1, 0.15) is 24.4 Å². The minimum atomic E-state index is -0.296. The molecule has 1 fully saturated rings. The Kier molecular flexibility index (Phi) is 5.05. The molecule has 0 aromatic carbocycles. The van der Waals surface area contributed by atoms with Gasteiger partial charge in [-0.05, 0) is 25.8 Å². The van der Waals surface area contributed by atoms with E-state index in [-0.39, 0.29) is 11.7 Å². The van der Waals surface area contributed by atoms with Crippen molar-refractivity contribution in [3.05, 3.63) is 40.2 Å². The minimum absolute atomic E-state index is 0.139. The summed E-state index contributed by atoms with van der Waals surface area (Å²) in [6.45, 7) is 3.84. The molecule has 24 heavy (non-hydrogen) atoms. The lowest BCUT2D eigenvalue weighted by Gasteiger charge is -2.31. The lowest BCUT2D eigenvalue weighted by molar-refractivity contribution is 0.154. The second-order valence-corrected chi connectivity index (χ2v) is 5.98. The van der Waals surface area contributed by atoms with Crippen molar-refractivity contribution in [2.45, 2.75) is 32.3 Å². The van der Waals surface area contributed by atoms with Gasteiger partial charge in [-0.1, -0.05) is 0 Å². The van der Waals surface area contributed by atoms with Gasteiger partial charge in [0.15, 0.2) is 0 Å². The number of hydrogen-bond donors (Lipinski definition) is 3. The molecule has 3 rings (SSSR count). The van der Waals surface area contributed by atoms with Crippen LogP contribution in [0.3, 0.4) is 0 Å². The normalized spacial score (nSPS) is 17.8. The summed E-state index contributed by atoms with van der Waals surface area (Å²) in [5.74, 6) is 1.96. The predicted molar refractivity (Wildman–Crippen MR) is 91.3 cm³/mol. The Bertz CT molecular complexity index is 747. The highest BCUT2D eigenvalue weighted by Gasteiger charge is 2.19. The maximum Gasteiger partial charge on any atom is 0.251 e. The van der Waals surface area contributed by atoms with Crippen LogP contribution in [0.25, 0.3) is 0 Å². The van der Waals surface area contributed by atoms with E-state index in [4.69, 9.17) is 0 Å². The van der Waals surface area contributed by atoms with Gasteiger partial charge in [-0.3, -0.25) is 4.79 Å². The lowest BCUT2D eigenvalue weighted by atomic mass is 10.1. The number of aromatic amines is 1. The third kappa shape index (κ3) is 4.29. The van der Waals surface area contributed by atoms with Crippen molar-refractivity contribution in [2.24, 2.45) is 0 Å². The summed E-state index contributed by atoms with van der Waals surface area (Å²) in [5.41, 5.74) is 0.596. The molecule has 0 unspecified atom stereocenters. The standard InChI is InChI=1S/C16H22N6O2/c1-11-19-12(9-15(24)20-11)4-6-17-16-18-7-5-14(21-16)22-8-2-3-13(23)10-22/h5,7,9,13,23H,2-4,6,8,10H2,1H3,(H,17,18,21)(H,19,20,24)/t13-/m0/s1. The molecule has 8 heteroatoms. The molecule has 128 valence electrons. The molecule has 1 aliphatic heterocycles. The van der Waals surface area contributed by atoms with Crippen LogP contribution in [0.2, 0.25) is 0 Å². The minimum Gasteiger partial charge on any atom is -0.391 e. The average Bonchev–Trinajstić information content (AvgIpc) is 2.54. The summed E-state index contributed by atoms with van der Waals surface area (Å²) in [4.78, 5) is 29.1. The summed E-state index contributed by atoms with van der Waals surface area (Å²) in [5, 5.41) is 12.9. The highest BCUT2D eigenvalue weighted by Crippen LogP contribution is 2.18. The summed E-state index contributed by atoms with van der Waals surface area (Å²) < 4.78 is 0. The van der Waals surface area contributed by atoms with Crippen LogP contribution in [-0.4, -0.2) is 50.8 Å². The molecule has 0 aliphatic carbocycles. The second-order valence-electron chi connectivity index (χ2n) is 5.98. The van der Waals surface area contributed by atoms with Gasteiger partial charge in [-0.15, -0.1) is 0 Å². The van der Waals surface area contributed by atoms with Crippen LogP contribution in [0.4, 0.5) is 11.8 Å². The van der Waals surface area contributed by atoms with Crippen molar-refractivity contribution in [1.82, 2.24) is 19.9 Å². The second kappa shape index (κ2) is 7.39. The van der Waals surface area contributed by atoms with E-state index >= 15 is 0 Å². The molecular formula is C16H22N6O2. The molecule has 0 amide bonds. The van der Waals surface area contributed by atoms with Crippen LogP contribution in [0, 0.1) is 6.92 Å². The van der Waals surface area contributed by atoms with Crippen LogP contribution in [-0.2, 0) is 6.42 Å². The van der Waals surface area contributed by atoms with Gasteiger partial charge in [-0.25, -0.2) is 9.97 Å². The molecule has 3 N–H and O–H groups in total. The van der Waals surface area contributed by atoms with Crippen molar-refractivity contribution < 1.29 is 5.11 Å². The summed E-state index contributed by atoms with van der Waals surface area (Å²) in [6.07, 6.45) is 3.83. The zero-order valence-corrected chi connectivity index (χ0v) is 13.7. The summed E-state index contributed by atoms with van der Waals surface area (Å²) >= 11 is 0. The van der Waals surface area contributed by atoms with Crippen LogP contribution in [0.5, 0.6) is 0 Å². The first-order chi connectivity index (χ1) is 11.6. The number of anilines is 2. The van der Waals surface area contributed by atoms with Crippen LogP contribution in [0.15, 0.2) is 23.1 Å². The first kappa shape index (κ1) is 16.4. The largest absolute Gasteiger partial charge is 0.391 e. The van der Waals surface area contributed by atoms with Gasteiger partial charge in [0, 0.05) is 44.0 Å². The quantitative estimate of drug-likeness (QED) is 0.732. The fourth-order valence-corrected chi connectivity index (χ4v) is 2.85. The number of rotatable bonds is 5. The third-order valence-electron chi connectivity index (χ3n) is 3.94. The number of aliphatic hydroxyl groups excluding tert-OH is 1. The fourth-order valence-electron chi connectivity index (χ4n) is 2.85. The zero-order chi connectivity index (χ0) is 16.9. The molecule has 0 radical (unpaired) electrons. The molecule has 2 aromatic rings. The molecule has 1 saturated heterocycles. The molecule has 0 spiro atoms. The Labute approximate surface area is 140 Å². The zero-order valence-electron chi connectivity index (χ0n) is 13.7. The summed E-state index contributed by atoms with van der Waals surface area (Å²) in [7, 11) is 0. The van der Waals surface area contributed by atoms with Crippen molar-refractivity contribution in [1.29, 1.82) is 0 Å². The monoisotopic (exact) mass is 330 g/mol. The smallest absolute Gasteiger partial charge is 0.251 e. The Morgan fingerprint density at radius 3 is 3.12 bits per heavy atom. The number of nitrogens with zero attached hydrogens (tertiary/aromatic N) is 4. The van der Waals surface area contributed by atoms with E-state index in [2.05, 4.69) is 30.2 Å². The Morgan fingerprint density at radius 2 is 2.33 bits per heavy atom. The number of aromatic nitrogens is 4. The van der Waals surface area contributed by atoms with Gasteiger partial charge >= 0.3 is 0 Å². The average molecular weight is 330 g/mol. The van der Waals surface area contributed by atoms with Crippen LogP contribution < -0.4 is 15.8 Å². The Balaban J connectivity index is 1.59. The first-order valence-electron chi connectivity index (χ1n) is 8.17. The molecule has 8 nitrogen and oxygen atoms in total. The maximum atomic E-state index is 11.4. The molecular weight excluding hydrogens is 308 g/mol. The van der Waals surface area contributed by atoms with E-state index in [1.165, 1.54) is 6.07 Å². The van der Waals surface area contributed by atoms with Gasteiger partial charge in [0.25, 0.3) is 5.56 Å². The van der Waals surface area contributed by atoms with Gasteiger partial charge in [-0.2, -0.15) is 4.98 Å². The molecule has 0 saturated carbocycles. The number of aryl methyl sites for hydroxylation is 1. The van der Waals surface area contributed by atoms with E-state index in [1.54, 1.807) is 13.1 Å². The Hall–Kier alpha value is -2.48. The van der Waals surface area contributed by atoms with Crippen molar-refractivity contribution in [3.63, 3.8) is 0 Å². The van der Waals surface area contributed by atoms with Crippen molar-refractivity contribution >= 4 is 11.8 Å². The Morgan fingerprint density at radius 1 is 1.46 bits per heavy atom. The highest BCUT2D eigenvalue weighted by atomic mass is 16.3. The molecule has 1 aliphatic rings. The number of aliphatic hydroxyl groups is 1.